The van der Waals surface area contributed by atoms with Crippen LogP contribution in [0.15, 0.2) is 53.1 Å². The van der Waals surface area contributed by atoms with Gasteiger partial charge in [-0.15, -0.1) is 0 Å². The van der Waals surface area contributed by atoms with E-state index in [1.165, 1.54) is 24.2 Å². The second-order valence-corrected chi connectivity index (χ2v) is 9.84. The summed E-state index contributed by atoms with van der Waals surface area (Å²) < 4.78 is 7.10. The van der Waals surface area contributed by atoms with Crippen molar-refractivity contribution in [1.29, 1.82) is 0 Å². The van der Waals surface area contributed by atoms with E-state index in [1.807, 2.05) is 12.1 Å². The summed E-state index contributed by atoms with van der Waals surface area (Å²) in [7, 11) is 0. The van der Waals surface area contributed by atoms with Gasteiger partial charge in [-0.05, 0) is 44.0 Å². The van der Waals surface area contributed by atoms with Crippen LogP contribution in [0.2, 0.25) is 5.02 Å². The molecule has 1 aromatic carbocycles. The zero-order chi connectivity index (χ0) is 23.7. The number of para-hydroxylation sites is 1. The molecule has 0 saturated heterocycles. The van der Waals surface area contributed by atoms with Crippen LogP contribution in [0.4, 0.5) is 5.69 Å². The van der Waals surface area contributed by atoms with Crippen molar-refractivity contribution in [3.05, 3.63) is 59.4 Å². The van der Waals surface area contributed by atoms with Gasteiger partial charge in [-0.3, -0.25) is 19.2 Å². The first-order valence-corrected chi connectivity index (χ1v) is 12.4. The number of carbonyl (C=O) groups is 2. The van der Waals surface area contributed by atoms with Crippen molar-refractivity contribution in [3.63, 3.8) is 0 Å². The third-order valence-corrected chi connectivity index (χ3v) is 7.27. The maximum absolute atomic E-state index is 13.9. The summed E-state index contributed by atoms with van der Waals surface area (Å²) >= 11 is 6.54. The monoisotopic (exact) mass is 480 g/mol. The van der Waals surface area contributed by atoms with E-state index in [0.29, 0.717) is 27.9 Å². The number of nitrogens with zero attached hydrogens (tertiary/aromatic N) is 3. The lowest BCUT2D eigenvalue weighted by molar-refractivity contribution is -0.127. The number of anilines is 1. The molecule has 34 heavy (non-hydrogen) atoms. The fourth-order valence-electron chi connectivity index (χ4n) is 5.08. The van der Waals surface area contributed by atoms with Crippen LogP contribution in [0.25, 0.3) is 11.5 Å². The van der Waals surface area contributed by atoms with Crippen LogP contribution in [0.5, 0.6) is 0 Å². The van der Waals surface area contributed by atoms with E-state index in [-0.39, 0.29) is 24.4 Å². The first kappa shape index (κ1) is 22.7. The van der Waals surface area contributed by atoms with Gasteiger partial charge in [0.15, 0.2) is 5.76 Å². The summed E-state index contributed by atoms with van der Waals surface area (Å²) in [5.41, 5.74) is 0.250. The average molecular weight is 481 g/mol. The number of amides is 2. The van der Waals surface area contributed by atoms with Crippen LogP contribution in [0.3, 0.4) is 0 Å². The Kier molecular flexibility index (Phi) is 6.21. The topological polar surface area (TPSA) is 80.4 Å². The molecule has 8 heteroatoms. The van der Waals surface area contributed by atoms with Gasteiger partial charge >= 0.3 is 0 Å². The zero-order valence-electron chi connectivity index (χ0n) is 19.3. The molecule has 1 fully saturated rings. The standard InChI is InChI=1S/C26H29ClN4O3/c1-26(25(33)28-18-10-5-3-2-4-6-11-18)17-30-22(16-20(29-30)23-14-9-15-34-23)24(32)31(26)21-13-8-7-12-19(21)27/h7-9,12-16,18H,2-6,10-11,17H2,1H3,(H,28,33)/t26-/m0/s1. The highest BCUT2D eigenvalue weighted by atomic mass is 35.5. The van der Waals surface area contributed by atoms with E-state index < -0.39 is 5.54 Å². The minimum Gasteiger partial charge on any atom is -0.463 e. The number of furan rings is 1. The Hall–Kier alpha value is -3.06. The predicted octanol–water partition coefficient (Wildman–Crippen LogP) is 5.44. The molecule has 0 radical (unpaired) electrons. The molecule has 3 heterocycles. The highest BCUT2D eigenvalue weighted by Gasteiger charge is 2.49. The number of hydrogen-bond acceptors (Lipinski definition) is 4. The number of aromatic nitrogens is 2. The van der Waals surface area contributed by atoms with Crippen LogP contribution < -0.4 is 10.2 Å². The van der Waals surface area contributed by atoms with Gasteiger partial charge in [0, 0.05) is 12.1 Å². The van der Waals surface area contributed by atoms with Gasteiger partial charge in [-0.25, -0.2) is 0 Å². The highest BCUT2D eigenvalue weighted by molar-refractivity contribution is 6.34. The smallest absolute Gasteiger partial charge is 0.277 e. The summed E-state index contributed by atoms with van der Waals surface area (Å²) in [6.45, 7) is 2.00. The summed E-state index contributed by atoms with van der Waals surface area (Å²) in [4.78, 5) is 29.3. The molecule has 7 nitrogen and oxygen atoms in total. The number of fused-ring (bicyclic) bond motifs is 1. The largest absolute Gasteiger partial charge is 0.463 e. The molecule has 1 aliphatic carbocycles. The van der Waals surface area contributed by atoms with Crippen molar-refractivity contribution >= 4 is 29.1 Å². The maximum atomic E-state index is 13.9. The van der Waals surface area contributed by atoms with Crippen molar-refractivity contribution in [1.82, 2.24) is 15.1 Å². The van der Waals surface area contributed by atoms with E-state index in [4.69, 9.17) is 16.0 Å². The molecule has 2 amide bonds. The highest BCUT2D eigenvalue weighted by Crippen LogP contribution is 2.37. The van der Waals surface area contributed by atoms with Gasteiger partial charge in [0.05, 0.1) is 23.5 Å². The summed E-state index contributed by atoms with van der Waals surface area (Å²) in [5.74, 6) is 0.0617. The fraction of sp³-hybridized carbons (Fsp3) is 0.423. The molecule has 2 aromatic heterocycles. The minimum atomic E-state index is -1.20. The Morgan fingerprint density at radius 1 is 1.12 bits per heavy atom. The number of benzene rings is 1. The lowest BCUT2D eigenvalue weighted by atomic mass is 9.91. The number of hydrogen-bond donors (Lipinski definition) is 1. The van der Waals surface area contributed by atoms with Gasteiger partial charge in [-0.2, -0.15) is 5.10 Å². The number of rotatable bonds is 4. The molecule has 0 bridgehead atoms. The summed E-state index contributed by atoms with van der Waals surface area (Å²) in [6.07, 6.45) is 9.33. The Labute approximate surface area is 204 Å². The molecule has 1 aliphatic heterocycles. The number of halogens is 1. The first-order valence-electron chi connectivity index (χ1n) is 12.0. The van der Waals surface area contributed by atoms with Crippen molar-refractivity contribution in [2.24, 2.45) is 0 Å². The molecule has 3 aromatic rings. The molecule has 2 aliphatic rings. The lowest BCUT2D eigenvalue weighted by Gasteiger charge is -2.44. The zero-order valence-corrected chi connectivity index (χ0v) is 20.1. The second-order valence-electron chi connectivity index (χ2n) is 9.43. The van der Waals surface area contributed by atoms with Crippen molar-refractivity contribution in [2.75, 3.05) is 4.90 Å². The Bertz CT molecular complexity index is 1180. The number of nitrogens with one attached hydrogen (secondary N) is 1. The maximum Gasteiger partial charge on any atom is 0.277 e. The Morgan fingerprint density at radius 3 is 2.56 bits per heavy atom. The normalized spacial score (nSPS) is 21.6. The lowest BCUT2D eigenvalue weighted by Crippen LogP contribution is -2.65. The van der Waals surface area contributed by atoms with Crippen LogP contribution in [0, 0.1) is 0 Å². The quantitative estimate of drug-likeness (QED) is 0.538. The first-order chi connectivity index (χ1) is 16.5. The second kappa shape index (κ2) is 9.29. The number of carbonyl (C=O) groups excluding carboxylic acids is 2. The molecular weight excluding hydrogens is 452 g/mol. The molecule has 1 atom stereocenters. The SMILES string of the molecule is C[C@@]1(C(=O)NC2CCCCCCC2)Cn2nc(-c3ccco3)cc2C(=O)N1c1ccccc1Cl. The van der Waals surface area contributed by atoms with Gasteiger partial charge in [0.2, 0.25) is 5.91 Å². The van der Waals surface area contributed by atoms with E-state index in [1.54, 1.807) is 48.2 Å². The molecule has 178 valence electrons. The van der Waals surface area contributed by atoms with E-state index in [2.05, 4.69) is 10.4 Å². The third-order valence-electron chi connectivity index (χ3n) is 6.95. The fourth-order valence-corrected chi connectivity index (χ4v) is 5.30. The molecule has 0 spiro atoms. The van der Waals surface area contributed by atoms with Crippen LogP contribution in [-0.4, -0.2) is 33.2 Å². The van der Waals surface area contributed by atoms with Crippen LogP contribution >= 0.6 is 11.6 Å². The van der Waals surface area contributed by atoms with Gasteiger partial charge in [0.1, 0.15) is 16.9 Å². The summed E-state index contributed by atoms with van der Waals surface area (Å²) in [6, 6.07) is 12.5. The molecular formula is C26H29ClN4O3. The van der Waals surface area contributed by atoms with Crippen LogP contribution in [-0.2, 0) is 11.3 Å². The van der Waals surface area contributed by atoms with E-state index in [0.717, 1.165) is 25.7 Å². The van der Waals surface area contributed by atoms with Gasteiger partial charge in [-0.1, -0.05) is 55.8 Å². The van der Waals surface area contributed by atoms with Crippen molar-refractivity contribution in [3.8, 4) is 11.5 Å². The molecule has 1 saturated carbocycles. The molecule has 0 unspecified atom stereocenters. The average Bonchev–Trinajstić information content (AvgIpc) is 3.46. The molecule has 5 rings (SSSR count). The third kappa shape index (κ3) is 4.13. The van der Waals surface area contributed by atoms with Gasteiger partial charge < -0.3 is 9.73 Å². The van der Waals surface area contributed by atoms with Crippen molar-refractivity contribution in [2.45, 2.75) is 70.0 Å². The van der Waals surface area contributed by atoms with Gasteiger partial charge in [0.25, 0.3) is 5.91 Å². The van der Waals surface area contributed by atoms with Crippen molar-refractivity contribution < 1.29 is 14.0 Å². The Balaban J connectivity index is 1.53. The van der Waals surface area contributed by atoms with E-state index >= 15 is 0 Å². The van der Waals surface area contributed by atoms with Crippen LogP contribution in [0.1, 0.15) is 62.4 Å². The Morgan fingerprint density at radius 2 is 1.85 bits per heavy atom. The predicted molar refractivity (Wildman–Crippen MR) is 131 cm³/mol. The van der Waals surface area contributed by atoms with E-state index in [9.17, 15) is 9.59 Å². The summed E-state index contributed by atoms with van der Waals surface area (Å²) in [5, 5.41) is 8.29. The minimum absolute atomic E-state index is 0.102. The molecule has 1 N–H and O–H groups in total.